The molecular formula is C15H18BrNO3. The number of carbonyl (C=O) groups is 2. The minimum Gasteiger partial charge on any atom is -0.481 e. The lowest BCUT2D eigenvalue weighted by Gasteiger charge is -2.27. The molecule has 2 atom stereocenters. The Morgan fingerprint density at radius 3 is 2.60 bits per heavy atom. The SMILES string of the molecule is O=C(O)[C@H]1CCCC[C@H]1C(=O)NCc1cccc(Br)c1. The molecule has 20 heavy (non-hydrogen) atoms. The zero-order chi connectivity index (χ0) is 14.5. The van der Waals surface area contributed by atoms with Crippen LogP contribution in [0.5, 0.6) is 0 Å². The van der Waals surface area contributed by atoms with E-state index >= 15 is 0 Å². The number of amides is 1. The third kappa shape index (κ3) is 3.82. The van der Waals surface area contributed by atoms with Crippen LogP contribution in [0.1, 0.15) is 31.2 Å². The van der Waals surface area contributed by atoms with Gasteiger partial charge in [0.05, 0.1) is 11.8 Å². The number of carbonyl (C=O) groups excluding carboxylic acids is 1. The summed E-state index contributed by atoms with van der Waals surface area (Å²) < 4.78 is 0.963. The fourth-order valence-electron chi connectivity index (χ4n) is 2.71. The summed E-state index contributed by atoms with van der Waals surface area (Å²) in [6.45, 7) is 0.432. The maximum Gasteiger partial charge on any atom is 0.307 e. The normalized spacial score (nSPS) is 22.2. The third-order valence-electron chi connectivity index (χ3n) is 3.78. The van der Waals surface area contributed by atoms with E-state index in [2.05, 4.69) is 21.2 Å². The van der Waals surface area contributed by atoms with Gasteiger partial charge in [0.25, 0.3) is 0 Å². The van der Waals surface area contributed by atoms with Crippen molar-refractivity contribution in [1.29, 1.82) is 0 Å². The molecule has 0 bridgehead atoms. The lowest BCUT2D eigenvalue weighted by Crippen LogP contribution is -2.39. The number of halogens is 1. The molecular weight excluding hydrogens is 322 g/mol. The van der Waals surface area contributed by atoms with E-state index in [0.717, 1.165) is 22.9 Å². The highest BCUT2D eigenvalue weighted by atomic mass is 79.9. The smallest absolute Gasteiger partial charge is 0.307 e. The van der Waals surface area contributed by atoms with Crippen molar-refractivity contribution < 1.29 is 14.7 Å². The molecule has 0 radical (unpaired) electrons. The minimum absolute atomic E-state index is 0.142. The van der Waals surface area contributed by atoms with Crippen LogP contribution in [0.2, 0.25) is 0 Å². The monoisotopic (exact) mass is 339 g/mol. The topological polar surface area (TPSA) is 66.4 Å². The molecule has 5 heteroatoms. The van der Waals surface area contributed by atoms with Gasteiger partial charge in [0.2, 0.25) is 5.91 Å². The van der Waals surface area contributed by atoms with Gasteiger partial charge in [0.1, 0.15) is 0 Å². The zero-order valence-corrected chi connectivity index (χ0v) is 12.7. The Kier molecular flexibility index (Phi) is 5.17. The zero-order valence-electron chi connectivity index (χ0n) is 11.1. The predicted octanol–water partition coefficient (Wildman–Crippen LogP) is 2.96. The molecule has 0 aliphatic heterocycles. The van der Waals surface area contributed by atoms with Gasteiger partial charge in [-0.2, -0.15) is 0 Å². The molecule has 0 unspecified atom stereocenters. The first kappa shape index (κ1) is 15.0. The molecule has 0 saturated heterocycles. The van der Waals surface area contributed by atoms with Crippen molar-refractivity contribution in [3.05, 3.63) is 34.3 Å². The molecule has 0 aromatic heterocycles. The molecule has 1 aromatic rings. The first-order valence-corrected chi connectivity index (χ1v) is 7.62. The van der Waals surface area contributed by atoms with Crippen molar-refractivity contribution in [2.45, 2.75) is 32.2 Å². The average molecular weight is 340 g/mol. The van der Waals surface area contributed by atoms with E-state index in [1.54, 1.807) is 0 Å². The Morgan fingerprint density at radius 1 is 1.25 bits per heavy atom. The summed E-state index contributed by atoms with van der Waals surface area (Å²) in [5.41, 5.74) is 0.996. The highest BCUT2D eigenvalue weighted by Crippen LogP contribution is 2.30. The number of aliphatic carboxylic acids is 1. The number of hydrogen-bond acceptors (Lipinski definition) is 2. The first-order valence-electron chi connectivity index (χ1n) is 6.83. The fourth-order valence-corrected chi connectivity index (χ4v) is 3.15. The number of nitrogens with one attached hydrogen (secondary N) is 1. The van der Waals surface area contributed by atoms with E-state index in [0.29, 0.717) is 19.4 Å². The van der Waals surface area contributed by atoms with Crippen LogP contribution < -0.4 is 5.32 Å². The summed E-state index contributed by atoms with van der Waals surface area (Å²) in [5.74, 6) is -1.93. The largest absolute Gasteiger partial charge is 0.481 e. The van der Waals surface area contributed by atoms with Gasteiger partial charge in [-0.1, -0.05) is 40.9 Å². The summed E-state index contributed by atoms with van der Waals surface area (Å²) in [6, 6.07) is 7.70. The first-order chi connectivity index (χ1) is 9.58. The van der Waals surface area contributed by atoms with Gasteiger partial charge < -0.3 is 10.4 Å². The Balaban J connectivity index is 1.95. The molecule has 4 nitrogen and oxygen atoms in total. The fraction of sp³-hybridized carbons (Fsp3) is 0.467. The van der Waals surface area contributed by atoms with Gasteiger partial charge >= 0.3 is 5.97 Å². The Bertz CT molecular complexity index is 504. The Morgan fingerprint density at radius 2 is 1.95 bits per heavy atom. The van der Waals surface area contributed by atoms with Crippen molar-refractivity contribution >= 4 is 27.8 Å². The van der Waals surface area contributed by atoms with E-state index in [1.807, 2.05) is 24.3 Å². The second-order valence-electron chi connectivity index (χ2n) is 5.18. The average Bonchev–Trinajstić information content (AvgIpc) is 2.45. The molecule has 1 aliphatic rings. The van der Waals surface area contributed by atoms with Crippen LogP contribution in [-0.4, -0.2) is 17.0 Å². The highest BCUT2D eigenvalue weighted by molar-refractivity contribution is 9.10. The number of carboxylic acid groups (broad SMARTS) is 1. The summed E-state index contributed by atoms with van der Waals surface area (Å²) in [6.07, 6.45) is 3.09. The van der Waals surface area contributed by atoms with E-state index in [1.165, 1.54) is 0 Å². The van der Waals surface area contributed by atoms with Crippen LogP contribution in [0.25, 0.3) is 0 Å². The van der Waals surface area contributed by atoms with Crippen molar-refractivity contribution in [2.75, 3.05) is 0 Å². The summed E-state index contributed by atoms with van der Waals surface area (Å²) in [5, 5.41) is 12.1. The van der Waals surface area contributed by atoms with Crippen molar-refractivity contribution in [2.24, 2.45) is 11.8 Å². The maximum absolute atomic E-state index is 12.2. The number of benzene rings is 1. The van der Waals surface area contributed by atoms with Gasteiger partial charge in [0, 0.05) is 11.0 Å². The van der Waals surface area contributed by atoms with E-state index in [9.17, 15) is 14.7 Å². The molecule has 2 N–H and O–H groups in total. The van der Waals surface area contributed by atoms with Gasteiger partial charge in [-0.05, 0) is 30.5 Å². The molecule has 1 amide bonds. The number of hydrogen-bond donors (Lipinski definition) is 2. The molecule has 2 rings (SSSR count). The van der Waals surface area contributed by atoms with Crippen LogP contribution in [-0.2, 0) is 16.1 Å². The number of rotatable bonds is 4. The van der Waals surface area contributed by atoms with Crippen molar-refractivity contribution in [1.82, 2.24) is 5.32 Å². The summed E-state index contributed by atoms with van der Waals surface area (Å²) in [4.78, 5) is 23.4. The molecule has 1 aliphatic carbocycles. The lowest BCUT2D eigenvalue weighted by molar-refractivity contribution is -0.148. The Hall–Kier alpha value is -1.36. The molecule has 108 valence electrons. The van der Waals surface area contributed by atoms with E-state index in [4.69, 9.17) is 0 Å². The van der Waals surface area contributed by atoms with Crippen LogP contribution in [0.15, 0.2) is 28.7 Å². The standard InChI is InChI=1S/C15H18BrNO3/c16-11-5-3-4-10(8-11)9-17-14(18)12-6-1-2-7-13(12)15(19)20/h3-5,8,12-13H,1-2,6-7,9H2,(H,17,18)(H,19,20)/t12-,13+/m1/s1. The van der Waals surface area contributed by atoms with Crippen molar-refractivity contribution in [3.63, 3.8) is 0 Å². The van der Waals surface area contributed by atoms with Crippen LogP contribution in [0.3, 0.4) is 0 Å². The van der Waals surface area contributed by atoms with Gasteiger partial charge in [-0.25, -0.2) is 0 Å². The maximum atomic E-state index is 12.2. The quantitative estimate of drug-likeness (QED) is 0.886. The van der Waals surface area contributed by atoms with Gasteiger partial charge in [-0.15, -0.1) is 0 Å². The summed E-state index contributed by atoms with van der Waals surface area (Å²) >= 11 is 3.38. The predicted molar refractivity (Wildman–Crippen MR) is 79.1 cm³/mol. The summed E-state index contributed by atoms with van der Waals surface area (Å²) in [7, 11) is 0. The molecule has 0 heterocycles. The van der Waals surface area contributed by atoms with Crippen LogP contribution in [0, 0.1) is 11.8 Å². The highest BCUT2D eigenvalue weighted by Gasteiger charge is 2.35. The van der Waals surface area contributed by atoms with Crippen molar-refractivity contribution in [3.8, 4) is 0 Å². The van der Waals surface area contributed by atoms with Crippen LogP contribution >= 0.6 is 15.9 Å². The molecule has 0 spiro atoms. The second kappa shape index (κ2) is 6.88. The molecule has 1 fully saturated rings. The number of carboxylic acids is 1. The molecule has 1 saturated carbocycles. The van der Waals surface area contributed by atoms with E-state index < -0.39 is 17.8 Å². The third-order valence-corrected chi connectivity index (χ3v) is 4.27. The molecule has 1 aromatic carbocycles. The van der Waals surface area contributed by atoms with Gasteiger partial charge in [0.15, 0.2) is 0 Å². The lowest BCUT2D eigenvalue weighted by atomic mass is 9.78. The van der Waals surface area contributed by atoms with Crippen LogP contribution in [0.4, 0.5) is 0 Å². The van der Waals surface area contributed by atoms with E-state index in [-0.39, 0.29) is 5.91 Å². The minimum atomic E-state index is -0.854. The second-order valence-corrected chi connectivity index (χ2v) is 6.10. The Labute approximate surface area is 126 Å². The van der Waals surface area contributed by atoms with Gasteiger partial charge in [-0.3, -0.25) is 9.59 Å².